The highest BCUT2D eigenvalue weighted by molar-refractivity contribution is 5.99. The lowest BCUT2D eigenvalue weighted by Gasteiger charge is -2.23. The summed E-state index contributed by atoms with van der Waals surface area (Å²) in [6.45, 7) is 4.81. The zero-order valence-electron chi connectivity index (χ0n) is 12.0. The first-order valence-electron chi connectivity index (χ1n) is 6.46. The van der Waals surface area contributed by atoms with Gasteiger partial charge in [-0.05, 0) is 26.0 Å². The van der Waals surface area contributed by atoms with Gasteiger partial charge in [0.15, 0.2) is 11.5 Å². The van der Waals surface area contributed by atoms with Crippen molar-refractivity contribution in [3.63, 3.8) is 0 Å². The number of phenolic OH excluding ortho intramolecular Hbond substituents is 2. The van der Waals surface area contributed by atoms with Crippen molar-refractivity contribution < 1.29 is 19.8 Å². The smallest absolute Gasteiger partial charge is 0.257 e. The van der Waals surface area contributed by atoms with Crippen LogP contribution in [0.15, 0.2) is 18.2 Å². The van der Waals surface area contributed by atoms with Gasteiger partial charge in [0.05, 0.1) is 12.1 Å². The number of benzene rings is 1. The second kappa shape index (κ2) is 6.79. The number of rotatable bonds is 5. The summed E-state index contributed by atoms with van der Waals surface area (Å²) in [6, 6.07) is 4.14. The Balaban J connectivity index is 2.82. The topological polar surface area (TPSA) is 81.1 Å². The normalized spacial score (nSPS) is 10.2. The third kappa shape index (κ3) is 3.40. The molecule has 1 aromatic rings. The maximum atomic E-state index is 12.1. The van der Waals surface area contributed by atoms with Crippen molar-refractivity contribution in [2.24, 2.45) is 0 Å². The van der Waals surface area contributed by atoms with E-state index in [-0.39, 0.29) is 23.8 Å². The van der Waals surface area contributed by atoms with Gasteiger partial charge >= 0.3 is 0 Å². The Morgan fingerprint density at radius 3 is 2.30 bits per heavy atom. The molecule has 0 heterocycles. The minimum atomic E-state index is -0.515. The summed E-state index contributed by atoms with van der Waals surface area (Å²) in [5.74, 6) is -1.51. The van der Waals surface area contributed by atoms with Crippen molar-refractivity contribution in [3.05, 3.63) is 23.8 Å². The van der Waals surface area contributed by atoms with Gasteiger partial charge in [0.2, 0.25) is 5.91 Å². The van der Waals surface area contributed by atoms with Crippen LogP contribution in [0.3, 0.4) is 0 Å². The first kappa shape index (κ1) is 15.8. The lowest BCUT2D eigenvalue weighted by atomic mass is 10.1. The number of hydrogen-bond acceptors (Lipinski definition) is 4. The van der Waals surface area contributed by atoms with Crippen LogP contribution in [0, 0.1) is 0 Å². The van der Waals surface area contributed by atoms with Gasteiger partial charge in [-0.3, -0.25) is 9.59 Å². The van der Waals surface area contributed by atoms with Crippen molar-refractivity contribution in [1.29, 1.82) is 0 Å². The average molecular weight is 280 g/mol. The second-order valence-corrected chi connectivity index (χ2v) is 4.40. The summed E-state index contributed by atoms with van der Waals surface area (Å²) in [4.78, 5) is 26.9. The van der Waals surface area contributed by atoms with Crippen molar-refractivity contribution in [1.82, 2.24) is 9.80 Å². The fourth-order valence-electron chi connectivity index (χ4n) is 1.86. The number of carbonyl (C=O) groups is 2. The summed E-state index contributed by atoms with van der Waals surface area (Å²) >= 11 is 0. The first-order chi connectivity index (χ1) is 9.42. The minimum Gasteiger partial charge on any atom is -0.504 e. The van der Waals surface area contributed by atoms with Crippen LogP contribution in [0.5, 0.6) is 11.5 Å². The fraction of sp³-hybridized carbons (Fsp3) is 0.429. The number of hydrogen-bond donors (Lipinski definition) is 2. The maximum Gasteiger partial charge on any atom is 0.257 e. The highest BCUT2D eigenvalue weighted by atomic mass is 16.3. The Kier molecular flexibility index (Phi) is 5.37. The molecule has 0 saturated heterocycles. The van der Waals surface area contributed by atoms with Crippen LogP contribution in [-0.4, -0.2) is 58.5 Å². The standard InChI is InChI=1S/C14H20N2O4/c1-4-16(5-2)12(18)9-15(3)14(20)10-7-6-8-11(17)13(10)19/h6-8,17,19H,4-5,9H2,1-3H3. The van der Waals surface area contributed by atoms with Gasteiger partial charge in [0.25, 0.3) is 5.91 Å². The lowest BCUT2D eigenvalue weighted by molar-refractivity contribution is -0.131. The highest BCUT2D eigenvalue weighted by Gasteiger charge is 2.21. The molecule has 1 rings (SSSR count). The van der Waals surface area contributed by atoms with Crippen molar-refractivity contribution >= 4 is 11.8 Å². The Morgan fingerprint density at radius 2 is 1.75 bits per heavy atom. The highest BCUT2D eigenvalue weighted by Crippen LogP contribution is 2.28. The number of para-hydroxylation sites is 1. The van der Waals surface area contributed by atoms with E-state index in [9.17, 15) is 19.8 Å². The van der Waals surface area contributed by atoms with Crippen LogP contribution in [0.2, 0.25) is 0 Å². The molecule has 110 valence electrons. The van der Waals surface area contributed by atoms with Crippen LogP contribution >= 0.6 is 0 Å². The predicted molar refractivity (Wildman–Crippen MR) is 74.7 cm³/mol. The van der Waals surface area contributed by atoms with E-state index in [4.69, 9.17) is 0 Å². The number of carbonyl (C=O) groups excluding carboxylic acids is 2. The molecule has 0 radical (unpaired) electrons. The molecule has 2 N–H and O–H groups in total. The van der Waals surface area contributed by atoms with Crippen LogP contribution in [0.1, 0.15) is 24.2 Å². The molecule has 0 atom stereocenters. The Morgan fingerprint density at radius 1 is 1.15 bits per heavy atom. The van der Waals surface area contributed by atoms with Gasteiger partial charge in [0.1, 0.15) is 0 Å². The van der Waals surface area contributed by atoms with Gasteiger partial charge in [-0.25, -0.2) is 0 Å². The van der Waals surface area contributed by atoms with Crippen LogP contribution < -0.4 is 0 Å². The molecule has 0 aliphatic carbocycles. The largest absolute Gasteiger partial charge is 0.504 e. The number of nitrogens with zero attached hydrogens (tertiary/aromatic N) is 2. The zero-order chi connectivity index (χ0) is 15.3. The van der Waals surface area contributed by atoms with Gasteiger partial charge in [-0.1, -0.05) is 6.07 Å². The second-order valence-electron chi connectivity index (χ2n) is 4.40. The summed E-state index contributed by atoms with van der Waals surface area (Å²) in [6.07, 6.45) is 0. The summed E-state index contributed by atoms with van der Waals surface area (Å²) in [5, 5.41) is 19.0. The van der Waals surface area contributed by atoms with E-state index < -0.39 is 11.7 Å². The summed E-state index contributed by atoms with van der Waals surface area (Å²) in [7, 11) is 1.48. The average Bonchev–Trinajstić information content (AvgIpc) is 2.42. The van der Waals surface area contributed by atoms with E-state index in [0.29, 0.717) is 13.1 Å². The quantitative estimate of drug-likeness (QED) is 0.790. The SMILES string of the molecule is CCN(CC)C(=O)CN(C)C(=O)c1cccc(O)c1O. The Bertz CT molecular complexity index is 498. The molecule has 0 spiro atoms. The van der Waals surface area contributed by atoms with E-state index in [1.807, 2.05) is 13.8 Å². The van der Waals surface area contributed by atoms with E-state index in [2.05, 4.69) is 0 Å². The molecule has 0 saturated carbocycles. The monoisotopic (exact) mass is 280 g/mol. The van der Waals surface area contributed by atoms with E-state index >= 15 is 0 Å². The number of phenols is 2. The Labute approximate surface area is 118 Å². The van der Waals surface area contributed by atoms with Crippen molar-refractivity contribution in [2.45, 2.75) is 13.8 Å². The zero-order valence-corrected chi connectivity index (χ0v) is 12.0. The van der Waals surface area contributed by atoms with Gasteiger partial charge < -0.3 is 20.0 Å². The maximum absolute atomic E-state index is 12.1. The summed E-state index contributed by atoms with van der Waals surface area (Å²) in [5.41, 5.74) is -0.0279. The molecule has 0 aliphatic rings. The molecular weight excluding hydrogens is 260 g/mol. The molecule has 0 aromatic heterocycles. The third-order valence-corrected chi connectivity index (χ3v) is 3.08. The molecular formula is C14H20N2O4. The predicted octanol–water partition coefficient (Wildman–Crippen LogP) is 1.04. The number of likely N-dealkylation sites (N-methyl/N-ethyl adjacent to an activating group) is 2. The van der Waals surface area contributed by atoms with Gasteiger partial charge in [-0.15, -0.1) is 0 Å². The molecule has 0 bridgehead atoms. The van der Waals surface area contributed by atoms with Crippen LogP contribution in [-0.2, 0) is 4.79 Å². The van der Waals surface area contributed by atoms with E-state index in [1.54, 1.807) is 4.90 Å². The number of amides is 2. The molecule has 2 amide bonds. The van der Waals surface area contributed by atoms with Crippen LogP contribution in [0.4, 0.5) is 0 Å². The minimum absolute atomic E-state index is 0.0279. The van der Waals surface area contributed by atoms with Crippen molar-refractivity contribution in [3.8, 4) is 11.5 Å². The fourth-order valence-corrected chi connectivity index (χ4v) is 1.86. The number of aromatic hydroxyl groups is 2. The van der Waals surface area contributed by atoms with Gasteiger partial charge in [-0.2, -0.15) is 0 Å². The molecule has 6 nitrogen and oxygen atoms in total. The van der Waals surface area contributed by atoms with Crippen molar-refractivity contribution in [2.75, 3.05) is 26.7 Å². The molecule has 0 unspecified atom stereocenters. The molecule has 20 heavy (non-hydrogen) atoms. The van der Waals surface area contributed by atoms with E-state index in [1.165, 1.54) is 30.1 Å². The Hall–Kier alpha value is -2.24. The summed E-state index contributed by atoms with van der Waals surface area (Å²) < 4.78 is 0. The molecule has 0 aliphatic heterocycles. The molecule has 0 fully saturated rings. The first-order valence-corrected chi connectivity index (χ1v) is 6.46. The van der Waals surface area contributed by atoms with Gasteiger partial charge in [0, 0.05) is 20.1 Å². The third-order valence-electron chi connectivity index (χ3n) is 3.08. The lowest BCUT2D eigenvalue weighted by Crippen LogP contribution is -2.41. The molecule has 6 heteroatoms. The van der Waals surface area contributed by atoms with E-state index in [0.717, 1.165) is 0 Å². The van der Waals surface area contributed by atoms with Crippen LogP contribution in [0.25, 0.3) is 0 Å². The molecule has 1 aromatic carbocycles.